The van der Waals surface area contributed by atoms with Crippen molar-refractivity contribution in [1.29, 1.82) is 0 Å². The Morgan fingerprint density at radius 1 is 1.17 bits per heavy atom. The van der Waals surface area contributed by atoms with Gasteiger partial charge in [-0.25, -0.2) is 4.79 Å². The molecule has 3 N–H and O–H groups in total. The largest absolute Gasteiger partial charge is 0.396 e. The maximum atomic E-state index is 12.1. The van der Waals surface area contributed by atoms with Crippen LogP contribution in [-0.4, -0.2) is 36.9 Å². The Morgan fingerprint density at radius 2 is 1.83 bits per heavy atom. The molecule has 5 nitrogen and oxygen atoms in total. The maximum Gasteiger partial charge on any atom is 0.319 e. The molecule has 1 unspecified atom stereocenters. The number of carbonyl (C=O) groups excluding carboxylic acids is 1. The van der Waals surface area contributed by atoms with Gasteiger partial charge in [-0.1, -0.05) is 13.8 Å². The quantitative estimate of drug-likeness (QED) is 0.754. The number of nitrogens with zero attached hydrogens (tertiary/aromatic N) is 1. The van der Waals surface area contributed by atoms with Crippen LogP contribution in [0.5, 0.6) is 0 Å². The third-order valence-corrected chi connectivity index (χ3v) is 4.41. The summed E-state index contributed by atoms with van der Waals surface area (Å²) in [4.78, 5) is 14.5. The molecule has 0 radical (unpaired) electrons. The zero-order chi connectivity index (χ0) is 16.7. The number of anilines is 2. The smallest absolute Gasteiger partial charge is 0.319 e. The van der Waals surface area contributed by atoms with E-state index in [1.807, 2.05) is 26.0 Å². The second-order valence-electron chi connectivity index (χ2n) is 6.56. The Bertz CT molecular complexity index is 482. The Balaban J connectivity index is 1.88. The zero-order valence-electron chi connectivity index (χ0n) is 14.2. The molecule has 1 aromatic rings. The summed E-state index contributed by atoms with van der Waals surface area (Å²) in [5.74, 6) is 0.286. The van der Waals surface area contributed by atoms with Gasteiger partial charge in [-0.3, -0.25) is 0 Å². The predicted molar refractivity (Wildman–Crippen MR) is 95.0 cm³/mol. The Kier molecular flexibility index (Phi) is 6.71. The lowest BCUT2D eigenvalue weighted by molar-refractivity contribution is 0.227. The van der Waals surface area contributed by atoms with Crippen LogP contribution in [0.2, 0.25) is 0 Å². The first-order valence-corrected chi connectivity index (χ1v) is 8.63. The van der Waals surface area contributed by atoms with Crippen LogP contribution < -0.4 is 15.5 Å². The average molecular weight is 319 g/mol. The number of piperidine rings is 1. The van der Waals surface area contributed by atoms with Crippen molar-refractivity contribution in [1.82, 2.24) is 5.32 Å². The maximum absolute atomic E-state index is 12.1. The van der Waals surface area contributed by atoms with Crippen LogP contribution in [0.1, 0.15) is 39.5 Å². The second kappa shape index (κ2) is 8.77. The molecule has 1 heterocycles. The molecule has 0 bridgehead atoms. The third kappa shape index (κ3) is 5.43. The molecule has 1 atom stereocenters. The summed E-state index contributed by atoms with van der Waals surface area (Å²) in [5, 5.41) is 14.9. The highest BCUT2D eigenvalue weighted by atomic mass is 16.3. The van der Waals surface area contributed by atoms with Crippen LogP contribution in [0.25, 0.3) is 0 Å². The SMILES string of the molecule is CC(C)C(CCO)NC(=O)Nc1ccc(N2CCCCC2)cc1. The normalized spacial score (nSPS) is 16.3. The fourth-order valence-electron chi connectivity index (χ4n) is 2.95. The van der Waals surface area contributed by atoms with E-state index >= 15 is 0 Å². The van der Waals surface area contributed by atoms with E-state index < -0.39 is 0 Å². The van der Waals surface area contributed by atoms with Crippen LogP contribution in [0.4, 0.5) is 16.2 Å². The van der Waals surface area contributed by atoms with Crippen LogP contribution in [0, 0.1) is 5.92 Å². The van der Waals surface area contributed by atoms with E-state index in [1.54, 1.807) is 0 Å². The van der Waals surface area contributed by atoms with E-state index in [1.165, 1.54) is 24.9 Å². The van der Waals surface area contributed by atoms with Crippen molar-refractivity contribution < 1.29 is 9.90 Å². The summed E-state index contributed by atoms with van der Waals surface area (Å²) in [7, 11) is 0. The molecular weight excluding hydrogens is 290 g/mol. The van der Waals surface area contributed by atoms with Gasteiger partial charge in [-0.15, -0.1) is 0 Å². The van der Waals surface area contributed by atoms with E-state index in [9.17, 15) is 4.79 Å². The molecule has 0 saturated carbocycles. The molecule has 1 aromatic carbocycles. The molecule has 0 aromatic heterocycles. The van der Waals surface area contributed by atoms with Crippen LogP contribution in [0.15, 0.2) is 24.3 Å². The van der Waals surface area contributed by atoms with Crippen LogP contribution >= 0.6 is 0 Å². The summed E-state index contributed by atoms with van der Waals surface area (Å²) in [5.41, 5.74) is 2.01. The number of amides is 2. The molecule has 5 heteroatoms. The van der Waals surface area contributed by atoms with Crippen molar-refractivity contribution in [3.8, 4) is 0 Å². The molecule has 2 amide bonds. The highest BCUT2D eigenvalue weighted by molar-refractivity contribution is 5.89. The molecular formula is C18H29N3O2. The first-order valence-electron chi connectivity index (χ1n) is 8.63. The van der Waals surface area contributed by atoms with E-state index in [-0.39, 0.29) is 24.6 Å². The minimum atomic E-state index is -0.220. The summed E-state index contributed by atoms with van der Waals surface area (Å²) in [6.45, 7) is 6.38. The number of hydrogen-bond donors (Lipinski definition) is 3. The fraction of sp³-hybridized carbons (Fsp3) is 0.611. The number of rotatable bonds is 6. The second-order valence-corrected chi connectivity index (χ2v) is 6.56. The average Bonchev–Trinajstić information content (AvgIpc) is 2.56. The summed E-state index contributed by atoms with van der Waals surface area (Å²) in [6.07, 6.45) is 4.40. The van der Waals surface area contributed by atoms with Gasteiger partial charge in [0.1, 0.15) is 0 Å². The molecule has 128 valence electrons. The third-order valence-electron chi connectivity index (χ3n) is 4.41. The minimum Gasteiger partial charge on any atom is -0.396 e. The number of hydrogen-bond acceptors (Lipinski definition) is 3. The number of aliphatic hydroxyl groups is 1. The van der Waals surface area contributed by atoms with Gasteiger partial charge in [0.25, 0.3) is 0 Å². The molecule has 0 spiro atoms. The van der Waals surface area contributed by atoms with Gasteiger partial charge in [0.2, 0.25) is 0 Å². The van der Waals surface area contributed by atoms with E-state index in [4.69, 9.17) is 5.11 Å². The van der Waals surface area contributed by atoms with Crippen molar-refractivity contribution in [3.05, 3.63) is 24.3 Å². The monoisotopic (exact) mass is 319 g/mol. The molecule has 1 saturated heterocycles. The number of urea groups is 1. The van der Waals surface area contributed by atoms with Crippen molar-refractivity contribution in [2.24, 2.45) is 5.92 Å². The molecule has 1 aliphatic rings. The molecule has 23 heavy (non-hydrogen) atoms. The van der Waals surface area contributed by atoms with Gasteiger partial charge in [0.15, 0.2) is 0 Å². The van der Waals surface area contributed by atoms with Gasteiger partial charge < -0.3 is 20.6 Å². The fourth-order valence-corrected chi connectivity index (χ4v) is 2.95. The van der Waals surface area contributed by atoms with Crippen molar-refractivity contribution >= 4 is 17.4 Å². The summed E-state index contributed by atoms with van der Waals surface area (Å²) >= 11 is 0. The number of benzene rings is 1. The highest BCUT2D eigenvalue weighted by Crippen LogP contribution is 2.21. The summed E-state index contributed by atoms with van der Waals surface area (Å²) in [6, 6.07) is 7.78. The Morgan fingerprint density at radius 3 is 2.39 bits per heavy atom. The zero-order valence-corrected chi connectivity index (χ0v) is 14.2. The first kappa shape index (κ1) is 17.6. The molecule has 0 aliphatic carbocycles. The van der Waals surface area contributed by atoms with Crippen LogP contribution in [0.3, 0.4) is 0 Å². The van der Waals surface area contributed by atoms with Crippen molar-refractivity contribution in [2.45, 2.75) is 45.6 Å². The van der Waals surface area contributed by atoms with Gasteiger partial charge in [0, 0.05) is 37.1 Å². The van der Waals surface area contributed by atoms with Gasteiger partial charge in [0.05, 0.1) is 0 Å². The predicted octanol–water partition coefficient (Wildman–Crippen LogP) is 3.21. The Labute approximate surface area is 139 Å². The van der Waals surface area contributed by atoms with Gasteiger partial charge >= 0.3 is 6.03 Å². The molecule has 2 rings (SSSR count). The van der Waals surface area contributed by atoms with E-state index in [2.05, 4.69) is 27.7 Å². The number of aliphatic hydroxyl groups excluding tert-OH is 1. The topological polar surface area (TPSA) is 64.6 Å². The molecule has 1 fully saturated rings. The number of carbonyl (C=O) groups is 1. The first-order chi connectivity index (χ1) is 11.1. The van der Waals surface area contributed by atoms with Crippen molar-refractivity contribution in [2.75, 3.05) is 29.9 Å². The highest BCUT2D eigenvalue weighted by Gasteiger charge is 2.16. The van der Waals surface area contributed by atoms with E-state index in [0.29, 0.717) is 6.42 Å². The molecule has 1 aliphatic heterocycles. The lowest BCUT2D eigenvalue weighted by Crippen LogP contribution is -2.41. The Hall–Kier alpha value is -1.75. The van der Waals surface area contributed by atoms with Gasteiger partial charge in [-0.2, -0.15) is 0 Å². The minimum absolute atomic E-state index is 0.0207. The number of nitrogens with one attached hydrogen (secondary N) is 2. The van der Waals surface area contributed by atoms with Crippen molar-refractivity contribution in [3.63, 3.8) is 0 Å². The van der Waals surface area contributed by atoms with E-state index in [0.717, 1.165) is 18.8 Å². The standard InChI is InChI=1S/C18H29N3O2/c1-14(2)17(10-13-22)20-18(23)19-15-6-8-16(9-7-15)21-11-4-3-5-12-21/h6-9,14,17,22H,3-5,10-13H2,1-2H3,(H2,19,20,23). The summed E-state index contributed by atoms with van der Waals surface area (Å²) < 4.78 is 0. The lowest BCUT2D eigenvalue weighted by atomic mass is 10.0. The van der Waals surface area contributed by atoms with Gasteiger partial charge in [-0.05, 0) is 55.9 Å². The lowest BCUT2D eigenvalue weighted by Gasteiger charge is -2.29. The van der Waals surface area contributed by atoms with Crippen LogP contribution in [-0.2, 0) is 0 Å².